The van der Waals surface area contributed by atoms with E-state index in [1.54, 1.807) is 19.2 Å². The molecule has 3 rings (SSSR count). The molecule has 0 saturated carbocycles. The first-order valence-corrected chi connectivity index (χ1v) is 7.34. The van der Waals surface area contributed by atoms with E-state index in [2.05, 4.69) is 0 Å². The van der Waals surface area contributed by atoms with Crippen molar-refractivity contribution in [2.24, 2.45) is 0 Å². The zero-order valence-corrected chi connectivity index (χ0v) is 13.1. The van der Waals surface area contributed by atoms with Crippen molar-refractivity contribution in [2.75, 3.05) is 7.11 Å². The molecule has 24 heavy (non-hydrogen) atoms. The number of methoxy groups -OCH3 is 1. The fourth-order valence-corrected chi connectivity index (χ4v) is 2.34. The molecule has 1 aromatic heterocycles. The summed E-state index contributed by atoms with van der Waals surface area (Å²) in [6, 6.07) is 16.5. The number of carbonyl (C=O) groups is 1. The van der Waals surface area contributed by atoms with Crippen LogP contribution in [0.4, 0.5) is 0 Å². The minimum absolute atomic E-state index is 0.0812. The predicted octanol–water partition coefficient (Wildman–Crippen LogP) is 4.23. The maximum absolute atomic E-state index is 11.2. The zero-order chi connectivity index (χ0) is 16.9. The number of benzene rings is 2. The van der Waals surface area contributed by atoms with Crippen LogP contribution in [0, 0.1) is 0 Å². The van der Waals surface area contributed by atoms with E-state index in [0.717, 1.165) is 16.9 Å². The van der Waals surface area contributed by atoms with Crippen LogP contribution in [0.1, 0.15) is 16.1 Å². The molecule has 0 amide bonds. The summed E-state index contributed by atoms with van der Waals surface area (Å²) in [6.45, 7) is 0.407. The third-order valence-electron chi connectivity index (χ3n) is 3.57. The van der Waals surface area contributed by atoms with E-state index >= 15 is 0 Å². The molecule has 1 heterocycles. The molecule has 0 saturated heterocycles. The molecule has 0 aliphatic heterocycles. The van der Waals surface area contributed by atoms with Crippen molar-refractivity contribution >= 4 is 5.97 Å². The Morgan fingerprint density at radius 2 is 1.88 bits per heavy atom. The number of furan rings is 1. The highest BCUT2D eigenvalue weighted by atomic mass is 16.5. The van der Waals surface area contributed by atoms with Crippen LogP contribution in [0.3, 0.4) is 0 Å². The molecule has 0 bridgehead atoms. The van der Waals surface area contributed by atoms with Gasteiger partial charge in [-0.15, -0.1) is 0 Å². The van der Waals surface area contributed by atoms with Crippen LogP contribution >= 0.6 is 0 Å². The number of hydrogen-bond acceptors (Lipinski definition) is 4. The molecule has 1 N–H and O–H groups in total. The van der Waals surface area contributed by atoms with Crippen LogP contribution in [0.2, 0.25) is 0 Å². The van der Waals surface area contributed by atoms with Gasteiger partial charge >= 0.3 is 5.97 Å². The molecule has 5 heteroatoms. The Bertz CT molecular complexity index is 833. The van der Waals surface area contributed by atoms with Gasteiger partial charge in [-0.05, 0) is 41.5 Å². The van der Waals surface area contributed by atoms with E-state index in [1.807, 2.05) is 42.5 Å². The van der Waals surface area contributed by atoms with Gasteiger partial charge in [0.15, 0.2) is 0 Å². The lowest BCUT2D eigenvalue weighted by molar-refractivity contribution is 0.0663. The minimum atomic E-state index is -1.10. The molecule has 122 valence electrons. The first kappa shape index (κ1) is 15.7. The largest absolute Gasteiger partial charge is 0.497 e. The Morgan fingerprint density at radius 3 is 2.58 bits per heavy atom. The van der Waals surface area contributed by atoms with Gasteiger partial charge in [0.25, 0.3) is 0 Å². The normalized spacial score (nSPS) is 10.4. The van der Waals surface area contributed by atoms with E-state index in [1.165, 1.54) is 6.26 Å². The lowest BCUT2D eigenvalue weighted by atomic mass is 10.1. The van der Waals surface area contributed by atoms with Crippen molar-refractivity contribution in [3.63, 3.8) is 0 Å². The zero-order valence-electron chi connectivity index (χ0n) is 13.1. The average molecular weight is 324 g/mol. The van der Waals surface area contributed by atoms with Crippen molar-refractivity contribution in [3.05, 3.63) is 72.2 Å². The first-order chi connectivity index (χ1) is 11.7. The number of aromatic carboxylic acids is 1. The number of ether oxygens (including phenoxy) is 2. The molecule has 5 nitrogen and oxygen atoms in total. The molecule has 0 aliphatic rings. The Labute approximate surface area is 139 Å². The number of carboxylic acids is 1. The van der Waals surface area contributed by atoms with Crippen LogP contribution in [-0.2, 0) is 6.61 Å². The Kier molecular flexibility index (Phi) is 4.52. The fourth-order valence-electron chi connectivity index (χ4n) is 2.34. The molecular formula is C19H16O5. The quantitative estimate of drug-likeness (QED) is 0.735. The molecule has 0 spiro atoms. The van der Waals surface area contributed by atoms with Crippen LogP contribution in [0.5, 0.6) is 11.5 Å². The van der Waals surface area contributed by atoms with E-state index in [4.69, 9.17) is 19.0 Å². The van der Waals surface area contributed by atoms with E-state index in [-0.39, 0.29) is 5.76 Å². The van der Waals surface area contributed by atoms with Crippen molar-refractivity contribution in [1.29, 1.82) is 0 Å². The summed E-state index contributed by atoms with van der Waals surface area (Å²) in [7, 11) is 1.62. The first-order valence-electron chi connectivity index (χ1n) is 7.34. The summed E-state index contributed by atoms with van der Waals surface area (Å²) < 4.78 is 15.9. The second-order valence-electron chi connectivity index (χ2n) is 5.13. The Hall–Kier alpha value is -3.21. The van der Waals surface area contributed by atoms with Crippen LogP contribution < -0.4 is 9.47 Å². The second-order valence-corrected chi connectivity index (χ2v) is 5.13. The maximum Gasteiger partial charge on any atom is 0.372 e. The van der Waals surface area contributed by atoms with Gasteiger partial charge in [-0.2, -0.15) is 0 Å². The van der Waals surface area contributed by atoms with Gasteiger partial charge in [0, 0.05) is 5.56 Å². The van der Waals surface area contributed by atoms with Gasteiger partial charge < -0.3 is 19.0 Å². The maximum atomic E-state index is 11.2. The highest BCUT2D eigenvalue weighted by Gasteiger charge is 2.15. The van der Waals surface area contributed by atoms with E-state index in [0.29, 0.717) is 17.9 Å². The summed E-state index contributed by atoms with van der Waals surface area (Å²) in [5, 5.41) is 9.14. The molecule has 0 radical (unpaired) electrons. The van der Waals surface area contributed by atoms with Crippen LogP contribution in [0.15, 0.2) is 65.3 Å². The highest BCUT2D eigenvalue weighted by molar-refractivity contribution is 5.93. The van der Waals surface area contributed by atoms with E-state index < -0.39 is 5.97 Å². The summed E-state index contributed by atoms with van der Waals surface area (Å²) in [6.07, 6.45) is 1.36. The van der Waals surface area contributed by atoms with Gasteiger partial charge in [-0.3, -0.25) is 0 Å². The SMILES string of the molecule is COc1ccc(COc2cccc(-c3ccoc3C(=O)O)c2)cc1. The van der Waals surface area contributed by atoms with Crippen molar-refractivity contribution in [2.45, 2.75) is 6.61 Å². The van der Waals surface area contributed by atoms with Gasteiger partial charge in [-0.1, -0.05) is 24.3 Å². The summed E-state index contributed by atoms with van der Waals surface area (Å²) in [4.78, 5) is 11.2. The summed E-state index contributed by atoms with van der Waals surface area (Å²) in [5.74, 6) is 0.268. The topological polar surface area (TPSA) is 68.9 Å². The van der Waals surface area contributed by atoms with E-state index in [9.17, 15) is 4.79 Å². The fraction of sp³-hybridized carbons (Fsp3) is 0.105. The summed E-state index contributed by atoms with van der Waals surface area (Å²) in [5.41, 5.74) is 2.27. The average Bonchev–Trinajstić information content (AvgIpc) is 3.11. The molecule has 0 aliphatic carbocycles. The van der Waals surface area contributed by atoms with Gasteiger partial charge in [0.1, 0.15) is 18.1 Å². The van der Waals surface area contributed by atoms with Crippen LogP contribution in [-0.4, -0.2) is 18.2 Å². The predicted molar refractivity (Wildman–Crippen MR) is 88.4 cm³/mol. The molecule has 0 atom stereocenters. The lowest BCUT2D eigenvalue weighted by Gasteiger charge is -2.08. The molecule has 3 aromatic rings. The monoisotopic (exact) mass is 324 g/mol. The molecular weight excluding hydrogens is 308 g/mol. The molecule has 0 unspecified atom stereocenters. The number of hydrogen-bond donors (Lipinski definition) is 1. The molecule has 0 fully saturated rings. The summed E-state index contributed by atoms with van der Waals surface area (Å²) >= 11 is 0. The van der Waals surface area contributed by atoms with Crippen LogP contribution in [0.25, 0.3) is 11.1 Å². The minimum Gasteiger partial charge on any atom is -0.497 e. The number of rotatable bonds is 6. The Morgan fingerprint density at radius 1 is 1.08 bits per heavy atom. The van der Waals surface area contributed by atoms with Crippen molar-refractivity contribution in [1.82, 2.24) is 0 Å². The standard InChI is InChI=1S/C19H16O5/c1-22-15-7-5-13(6-8-15)12-24-16-4-2-3-14(11-16)17-9-10-23-18(17)19(20)21/h2-11H,12H2,1H3,(H,20,21). The second kappa shape index (κ2) is 6.91. The van der Waals surface area contributed by atoms with Crippen molar-refractivity contribution in [3.8, 4) is 22.6 Å². The van der Waals surface area contributed by atoms with Crippen molar-refractivity contribution < 1.29 is 23.8 Å². The number of carboxylic acid groups (broad SMARTS) is 1. The van der Waals surface area contributed by atoms with Gasteiger partial charge in [0.05, 0.1) is 13.4 Å². The molecule has 2 aromatic carbocycles. The lowest BCUT2D eigenvalue weighted by Crippen LogP contribution is -1.97. The highest BCUT2D eigenvalue weighted by Crippen LogP contribution is 2.28. The van der Waals surface area contributed by atoms with Gasteiger partial charge in [0.2, 0.25) is 5.76 Å². The smallest absolute Gasteiger partial charge is 0.372 e. The Balaban J connectivity index is 1.75. The third-order valence-corrected chi connectivity index (χ3v) is 3.57. The third kappa shape index (κ3) is 3.41. The van der Waals surface area contributed by atoms with Gasteiger partial charge in [-0.25, -0.2) is 4.79 Å².